The van der Waals surface area contributed by atoms with Crippen LogP contribution in [0.25, 0.3) is 0 Å². The van der Waals surface area contributed by atoms with Gasteiger partial charge in [0.1, 0.15) is 0 Å². The minimum atomic E-state index is -0.0375. The van der Waals surface area contributed by atoms with Crippen molar-refractivity contribution in [1.82, 2.24) is 5.32 Å². The zero-order chi connectivity index (χ0) is 11.4. The molecule has 0 aromatic carbocycles. The van der Waals surface area contributed by atoms with Crippen molar-refractivity contribution in [2.75, 3.05) is 6.54 Å². The van der Waals surface area contributed by atoms with E-state index in [2.05, 4.69) is 33.4 Å². The number of halogens is 1. The van der Waals surface area contributed by atoms with Crippen molar-refractivity contribution in [3.63, 3.8) is 0 Å². The van der Waals surface area contributed by atoms with Crippen molar-refractivity contribution >= 4 is 27.3 Å². The molecule has 1 aliphatic carbocycles. The van der Waals surface area contributed by atoms with E-state index < -0.39 is 0 Å². The van der Waals surface area contributed by atoms with Gasteiger partial charge in [0.15, 0.2) is 0 Å². The fourth-order valence-electron chi connectivity index (χ4n) is 2.20. The normalized spacial score (nSPS) is 25.9. The number of hydrogen-bond donors (Lipinski definition) is 2. The lowest BCUT2D eigenvalue weighted by molar-refractivity contribution is 0.108. The Kier molecular flexibility index (Phi) is 4.82. The van der Waals surface area contributed by atoms with Crippen molar-refractivity contribution in [2.24, 2.45) is 5.92 Å². The number of nitrogens with one attached hydrogen (secondary N) is 1. The summed E-state index contributed by atoms with van der Waals surface area (Å²) in [4.78, 5) is 1.38. The lowest BCUT2D eigenvalue weighted by Crippen LogP contribution is -2.27. The first kappa shape index (κ1) is 12.6. The van der Waals surface area contributed by atoms with Crippen molar-refractivity contribution in [1.29, 1.82) is 0 Å². The lowest BCUT2D eigenvalue weighted by Gasteiger charge is -2.25. The molecular formula is C12H18BrNOS. The van der Waals surface area contributed by atoms with E-state index >= 15 is 0 Å². The van der Waals surface area contributed by atoms with Gasteiger partial charge >= 0.3 is 0 Å². The van der Waals surface area contributed by atoms with Crippen molar-refractivity contribution in [2.45, 2.75) is 38.3 Å². The summed E-state index contributed by atoms with van der Waals surface area (Å²) < 4.78 is 1.20. The quantitative estimate of drug-likeness (QED) is 0.895. The zero-order valence-electron chi connectivity index (χ0n) is 9.29. The molecule has 1 aromatic heterocycles. The molecule has 1 heterocycles. The summed E-state index contributed by atoms with van der Waals surface area (Å²) >= 11 is 5.26. The molecule has 0 unspecified atom stereocenters. The van der Waals surface area contributed by atoms with Crippen LogP contribution >= 0.6 is 27.3 Å². The number of thiophene rings is 1. The number of rotatable bonds is 4. The molecule has 2 nitrogen and oxygen atoms in total. The Bertz CT molecular complexity index is 321. The van der Waals surface area contributed by atoms with Crippen LogP contribution in [0.4, 0.5) is 0 Å². The Labute approximate surface area is 109 Å². The molecule has 1 aliphatic rings. The average molecular weight is 304 g/mol. The van der Waals surface area contributed by atoms with E-state index in [-0.39, 0.29) is 6.10 Å². The zero-order valence-corrected chi connectivity index (χ0v) is 11.7. The Balaban J connectivity index is 1.64. The van der Waals surface area contributed by atoms with Gasteiger partial charge in [-0.05, 0) is 66.2 Å². The third-order valence-corrected chi connectivity index (χ3v) is 4.80. The van der Waals surface area contributed by atoms with Gasteiger partial charge < -0.3 is 10.4 Å². The standard InChI is InChI=1S/C12H18BrNOS/c13-12-6-5-11(16-12)8-14-7-9-1-3-10(15)4-2-9/h5-6,9-10,14-15H,1-4,7-8H2. The molecule has 4 heteroatoms. The van der Waals surface area contributed by atoms with Crippen LogP contribution in [0, 0.1) is 5.92 Å². The van der Waals surface area contributed by atoms with Crippen LogP contribution in [0.3, 0.4) is 0 Å². The van der Waals surface area contributed by atoms with E-state index in [0.717, 1.165) is 31.8 Å². The molecule has 0 saturated heterocycles. The Hall–Kier alpha value is 0.1000. The number of hydrogen-bond acceptors (Lipinski definition) is 3. The Morgan fingerprint density at radius 2 is 2.06 bits per heavy atom. The number of aliphatic hydroxyl groups excluding tert-OH is 1. The van der Waals surface area contributed by atoms with E-state index in [1.165, 1.54) is 21.5 Å². The van der Waals surface area contributed by atoms with Gasteiger partial charge in [-0.2, -0.15) is 0 Å². The molecule has 16 heavy (non-hydrogen) atoms. The van der Waals surface area contributed by atoms with E-state index in [1.807, 2.05) is 0 Å². The highest BCUT2D eigenvalue weighted by Gasteiger charge is 2.18. The molecule has 0 amide bonds. The monoisotopic (exact) mass is 303 g/mol. The molecule has 1 fully saturated rings. The summed E-state index contributed by atoms with van der Waals surface area (Å²) in [7, 11) is 0. The van der Waals surface area contributed by atoms with Gasteiger partial charge in [-0.15, -0.1) is 11.3 Å². The molecule has 0 spiro atoms. The highest BCUT2D eigenvalue weighted by molar-refractivity contribution is 9.11. The van der Waals surface area contributed by atoms with Crippen molar-refractivity contribution in [3.8, 4) is 0 Å². The van der Waals surface area contributed by atoms with Crippen LogP contribution in [0.5, 0.6) is 0 Å². The van der Waals surface area contributed by atoms with Crippen LogP contribution in [0.1, 0.15) is 30.6 Å². The second-order valence-electron chi connectivity index (χ2n) is 4.51. The first-order valence-electron chi connectivity index (χ1n) is 5.87. The van der Waals surface area contributed by atoms with Gasteiger partial charge in [0.05, 0.1) is 9.89 Å². The largest absolute Gasteiger partial charge is 0.393 e. The second kappa shape index (κ2) is 6.15. The molecule has 1 aromatic rings. The van der Waals surface area contributed by atoms with Gasteiger partial charge in [0.2, 0.25) is 0 Å². The molecule has 0 aliphatic heterocycles. The highest BCUT2D eigenvalue weighted by atomic mass is 79.9. The summed E-state index contributed by atoms with van der Waals surface area (Å²) in [5, 5.41) is 12.9. The van der Waals surface area contributed by atoms with Crippen molar-refractivity contribution < 1.29 is 5.11 Å². The van der Waals surface area contributed by atoms with Gasteiger partial charge in [0, 0.05) is 11.4 Å². The van der Waals surface area contributed by atoms with Crippen LogP contribution < -0.4 is 5.32 Å². The van der Waals surface area contributed by atoms with Crippen LogP contribution in [-0.2, 0) is 6.54 Å². The third-order valence-electron chi connectivity index (χ3n) is 3.18. The smallest absolute Gasteiger partial charge is 0.0701 e. The fourth-order valence-corrected chi connectivity index (χ4v) is 3.65. The number of aliphatic hydroxyl groups is 1. The molecule has 0 radical (unpaired) electrons. The van der Waals surface area contributed by atoms with Crippen molar-refractivity contribution in [3.05, 3.63) is 20.8 Å². The lowest BCUT2D eigenvalue weighted by atomic mass is 9.87. The maximum absolute atomic E-state index is 9.41. The summed E-state index contributed by atoms with van der Waals surface area (Å²) in [5.74, 6) is 0.756. The molecular weight excluding hydrogens is 286 g/mol. The summed E-state index contributed by atoms with van der Waals surface area (Å²) in [6, 6.07) is 4.25. The maximum Gasteiger partial charge on any atom is 0.0701 e. The first-order valence-corrected chi connectivity index (χ1v) is 7.48. The fraction of sp³-hybridized carbons (Fsp3) is 0.667. The third kappa shape index (κ3) is 3.84. The Morgan fingerprint density at radius 3 is 2.69 bits per heavy atom. The van der Waals surface area contributed by atoms with E-state index in [1.54, 1.807) is 11.3 Å². The topological polar surface area (TPSA) is 32.3 Å². The van der Waals surface area contributed by atoms with Crippen LogP contribution in [-0.4, -0.2) is 17.8 Å². The molecule has 2 N–H and O–H groups in total. The van der Waals surface area contributed by atoms with Gasteiger partial charge in [-0.3, -0.25) is 0 Å². The Morgan fingerprint density at radius 1 is 1.31 bits per heavy atom. The van der Waals surface area contributed by atoms with E-state index in [9.17, 15) is 5.11 Å². The molecule has 0 atom stereocenters. The minimum absolute atomic E-state index is 0.0375. The summed E-state index contributed by atoms with van der Waals surface area (Å²) in [5.41, 5.74) is 0. The molecule has 90 valence electrons. The highest BCUT2D eigenvalue weighted by Crippen LogP contribution is 2.24. The van der Waals surface area contributed by atoms with Crippen LogP contribution in [0.15, 0.2) is 15.9 Å². The predicted octanol–water partition coefficient (Wildman–Crippen LogP) is 3.15. The molecule has 0 bridgehead atoms. The predicted molar refractivity (Wildman–Crippen MR) is 71.7 cm³/mol. The van der Waals surface area contributed by atoms with E-state index in [4.69, 9.17) is 0 Å². The molecule has 1 saturated carbocycles. The average Bonchev–Trinajstić information content (AvgIpc) is 2.67. The van der Waals surface area contributed by atoms with Gasteiger partial charge in [0.25, 0.3) is 0 Å². The second-order valence-corrected chi connectivity index (χ2v) is 7.06. The summed E-state index contributed by atoms with van der Waals surface area (Å²) in [6.07, 6.45) is 4.27. The van der Waals surface area contributed by atoms with Gasteiger partial charge in [-0.25, -0.2) is 0 Å². The van der Waals surface area contributed by atoms with Gasteiger partial charge in [-0.1, -0.05) is 0 Å². The van der Waals surface area contributed by atoms with E-state index in [0.29, 0.717) is 0 Å². The SMILES string of the molecule is OC1CCC(CNCc2ccc(Br)s2)CC1. The first-order chi connectivity index (χ1) is 7.74. The molecule has 2 rings (SSSR count). The van der Waals surface area contributed by atoms with Crippen LogP contribution in [0.2, 0.25) is 0 Å². The summed E-state index contributed by atoms with van der Waals surface area (Å²) in [6.45, 7) is 2.05. The maximum atomic E-state index is 9.41. The minimum Gasteiger partial charge on any atom is -0.393 e.